The number of rotatable bonds is 6. The van der Waals surface area contributed by atoms with Gasteiger partial charge in [-0.1, -0.05) is 0 Å². The lowest BCUT2D eigenvalue weighted by atomic mass is 10.1. The molecule has 0 radical (unpaired) electrons. The number of anilines is 2. The summed E-state index contributed by atoms with van der Waals surface area (Å²) in [5, 5.41) is 6.09. The minimum Gasteiger partial charge on any atom is -0.497 e. The summed E-state index contributed by atoms with van der Waals surface area (Å²) in [5.41, 5.74) is 2.07. The number of piperidine rings is 1. The zero-order valence-corrected chi connectivity index (χ0v) is 16.4. The monoisotopic (exact) mass is 381 g/mol. The van der Waals surface area contributed by atoms with Gasteiger partial charge in [-0.25, -0.2) is 0 Å². The van der Waals surface area contributed by atoms with Crippen molar-refractivity contribution in [2.24, 2.45) is 0 Å². The van der Waals surface area contributed by atoms with Crippen LogP contribution < -0.4 is 15.4 Å². The Bertz CT molecular complexity index is 797. The van der Waals surface area contributed by atoms with Gasteiger partial charge in [-0.3, -0.25) is 9.59 Å². The summed E-state index contributed by atoms with van der Waals surface area (Å²) in [7, 11) is 1.60. The van der Waals surface area contributed by atoms with E-state index in [1.807, 2.05) is 24.0 Å². The fraction of sp³-hybridized carbons (Fsp3) is 0.364. The van der Waals surface area contributed by atoms with Crippen molar-refractivity contribution in [2.45, 2.75) is 32.2 Å². The van der Waals surface area contributed by atoms with Gasteiger partial charge in [-0.2, -0.15) is 0 Å². The third-order valence-corrected chi connectivity index (χ3v) is 4.92. The molecule has 6 nitrogen and oxygen atoms in total. The molecule has 2 amide bonds. The summed E-state index contributed by atoms with van der Waals surface area (Å²) < 4.78 is 5.11. The molecule has 0 bridgehead atoms. The van der Waals surface area contributed by atoms with Crippen LogP contribution in [0.3, 0.4) is 0 Å². The maximum absolute atomic E-state index is 12.5. The number of methoxy groups -OCH3 is 1. The van der Waals surface area contributed by atoms with E-state index in [9.17, 15) is 9.59 Å². The summed E-state index contributed by atoms with van der Waals surface area (Å²) >= 11 is 0. The van der Waals surface area contributed by atoms with Crippen molar-refractivity contribution in [3.63, 3.8) is 0 Å². The van der Waals surface area contributed by atoms with Gasteiger partial charge in [-0.05, 0) is 74.7 Å². The van der Waals surface area contributed by atoms with E-state index < -0.39 is 0 Å². The maximum atomic E-state index is 12.5. The van der Waals surface area contributed by atoms with E-state index in [-0.39, 0.29) is 17.9 Å². The van der Waals surface area contributed by atoms with Crippen LogP contribution in [0.25, 0.3) is 0 Å². The normalized spacial score (nSPS) is 14.9. The van der Waals surface area contributed by atoms with Gasteiger partial charge in [-0.15, -0.1) is 0 Å². The molecule has 2 aromatic rings. The summed E-state index contributed by atoms with van der Waals surface area (Å²) in [6.45, 7) is 3.56. The molecule has 3 rings (SSSR count). The average molecular weight is 381 g/mol. The minimum absolute atomic E-state index is 0.126. The predicted octanol–water partition coefficient (Wildman–Crippen LogP) is 3.76. The highest BCUT2D eigenvalue weighted by atomic mass is 16.5. The quantitative estimate of drug-likeness (QED) is 0.799. The van der Waals surface area contributed by atoms with Crippen molar-refractivity contribution >= 4 is 23.2 Å². The van der Waals surface area contributed by atoms with Crippen LogP contribution in [-0.4, -0.2) is 43.0 Å². The number of nitrogens with zero attached hydrogens (tertiary/aromatic N) is 1. The molecule has 1 aliphatic rings. The largest absolute Gasteiger partial charge is 0.497 e. The Morgan fingerprint density at radius 2 is 1.54 bits per heavy atom. The third kappa shape index (κ3) is 5.03. The molecule has 0 spiro atoms. The van der Waals surface area contributed by atoms with Gasteiger partial charge >= 0.3 is 0 Å². The Hall–Kier alpha value is -3.02. The first-order valence-electron chi connectivity index (χ1n) is 9.67. The van der Waals surface area contributed by atoms with Crippen LogP contribution in [0, 0.1) is 0 Å². The highest BCUT2D eigenvalue weighted by Gasteiger charge is 2.21. The Morgan fingerprint density at radius 3 is 2.14 bits per heavy atom. The molecule has 0 aromatic heterocycles. The smallest absolute Gasteiger partial charge is 0.255 e. The lowest BCUT2D eigenvalue weighted by Crippen LogP contribution is -2.43. The summed E-state index contributed by atoms with van der Waals surface area (Å²) in [5.74, 6) is 0.678. The number of amides is 2. The molecule has 28 heavy (non-hydrogen) atoms. The van der Waals surface area contributed by atoms with Crippen molar-refractivity contribution in [1.82, 2.24) is 4.90 Å². The SMILES string of the molecule is COc1ccc(NC(=O)c2ccc(N[C@H](C)C(=O)N3CCCCC3)cc2)cc1. The molecule has 0 unspecified atom stereocenters. The number of hydrogen-bond acceptors (Lipinski definition) is 4. The van der Waals surface area contributed by atoms with Crippen LogP contribution in [0.5, 0.6) is 5.75 Å². The van der Waals surface area contributed by atoms with Crippen molar-refractivity contribution in [2.75, 3.05) is 30.8 Å². The van der Waals surface area contributed by atoms with Crippen LogP contribution in [0.2, 0.25) is 0 Å². The molecule has 1 aliphatic heterocycles. The number of hydrogen-bond donors (Lipinski definition) is 2. The number of carbonyl (C=O) groups excluding carboxylic acids is 2. The molecule has 1 saturated heterocycles. The van der Waals surface area contributed by atoms with Gasteiger partial charge in [0.05, 0.1) is 7.11 Å². The molecular formula is C22H27N3O3. The lowest BCUT2D eigenvalue weighted by Gasteiger charge is -2.29. The minimum atomic E-state index is -0.294. The fourth-order valence-electron chi connectivity index (χ4n) is 3.30. The zero-order chi connectivity index (χ0) is 19.9. The maximum Gasteiger partial charge on any atom is 0.255 e. The molecule has 1 heterocycles. The molecule has 2 aromatic carbocycles. The highest BCUT2D eigenvalue weighted by molar-refractivity contribution is 6.04. The highest BCUT2D eigenvalue weighted by Crippen LogP contribution is 2.18. The van der Waals surface area contributed by atoms with Gasteiger partial charge in [0.2, 0.25) is 5.91 Å². The van der Waals surface area contributed by atoms with E-state index in [0.29, 0.717) is 11.3 Å². The number of nitrogens with one attached hydrogen (secondary N) is 2. The Morgan fingerprint density at radius 1 is 0.929 bits per heavy atom. The first-order chi connectivity index (χ1) is 13.6. The average Bonchev–Trinajstić information content (AvgIpc) is 2.74. The van der Waals surface area contributed by atoms with Crippen LogP contribution in [-0.2, 0) is 4.79 Å². The third-order valence-electron chi connectivity index (χ3n) is 4.92. The van der Waals surface area contributed by atoms with Gasteiger partial charge in [0, 0.05) is 30.0 Å². The molecule has 6 heteroatoms. The molecule has 1 fully saturated rings. The second kappa shape index (κ2) is 9.26. The van der Waals surface area contributed by atoms with E-state index >= 15 is 0 Å². The second-order valence-electron chi connectivity index (χ2n) is 7.01. The number of benzene rings is 2. The Balaban J connectivity index is 1.56. The van der Waals surface area contributed by atoms with Crippen molar-refractivity contribution < 1.29 is 14.3 Å². The van der Waals surface area contributed by atoms with Crippen LogP contribution in [0.15, 0.2) is 48.5 Å². The molecule has 0 saturated carbocycles. The first-order valence-corrected chi connectivity index (χ1v) is 9.67. The fourth-order valence-corrected chi connectivity index (χ4v) is 3.30. The molecule has 2 N–H and O–H groups in total. The van der Waals surface area contributed by atoms with E-state index in [4.69, 9.17) is 4.74 Å². The van der Waals surface area contributed by atoms with Crippen molar-refractivity contribution in [3.8, 4) is 5.75 Å². The van der Waals surface area contributed by atoms with Crippen molar-refractivity contribution in [1.29, 1.82) is 0 Å². The van der Waals surface area contributed by atoms with E-state index in [2.05, 4.69) is 10.6 Å². The first kappa shape index (κ1) is 19.7. The summed E-state index contributed by atoms with van der Waals surface area (Å²) in [4.78, 5) is 26.8. The second-order valence-corrected chi connectivity index (χ2v) is 7.01. The zero-order valence-electron chi connectivity index (χ0n) is 16.4. The van der Waals surface area contributed by atoms with Gasteiger partial charge < -0.3 is 20.3 Å². The number of ether oxygens (including phenoxy) is 1. The van der Waals surface area contributed by atoms with Crippen molar-refractivity contribution in [3.05, 3.63) is 54.1 Å². The summed E-state index contributed by atoms with van der Waals surface area (Å²) in [6.07, 6.45) is 3.36. The topological polar surface area (TPSA) is 70.7 Å². The Kier molecular flexibility index (Phi) is 6.53. The van der Waals surface area contributed by atoms with Gasteiger partial charge in [0.1, 0.15) is 11.8 Å². The summed E-state index contributed by atoms with van der Waals surface area (Å²) in [6, 6.07) is 14.0. The number of likely N-dealkylation sites (tertiary alicyclic amines) is 1. The molecule has 0 aliphatic carbocycles. The van der Waals surface area contributed by atoms with E-state index in [1.165, 1.54) is 6.42 Å². The molecular weight excluding hydrogens is 354 g/mol. The lowest BCUT2D eigenvalue weighted by molar-refractivity contribution is -0.132. The van der Waals surface area contributed by atoms with Gasteiger partial charge in [0.25, 0.3) is 5.91 Å². The van der Waals surface area contributed by atoms with Gasteiger partial charge in [0.15, 0.2) is 0 Å². The van der Waals surface area contributed by atoms with Crippen LogP contribution in [0.4, 0.5) is 11.4 Å². The van der Waals surface area contributed by atoms with E-state index in [1.54, 1.807) is 43.5 Å². The number of carbonyl (C=O) groups is 2. The standard InChI is InChI=1S/C22H27N3O3/c1-16(22(27)25-14-4-3-5-15-25)23-18-8-6-17(7-9-18)21(26)24-19-10-12-20(28-2)13-11-19/h6-13,16,23H,3-5,14-15H2,1-2H3,(H,24,26)/t16-/m1/s1. The van der Waals surface area contributed by atoms with E-state index in [0.717, 1.165) is 37.4 Å². The van der Waals surface area contributed by atoms with Crippen LogP contribution in [0.1, 0.15) is 36.5 Å². The predicted molar refractivity (Wildman–Crippen MR) is 111 cm³/mol. The molecule has 148 valence electrons. The molecule has 1 atom stereocenters. The van der Waals surface area contributed by atoms with Crippen LogP contribution >= 0.6 is 0 Å². The Labute approximate surface area is 165 Å².